The molecule has 1 aliphatic rings. The van der Waals surface area contributed by atoms with Gasteiger partial charge in [-0.2, -0.15) is 4.39 Å². The van der Waals surface area contributed by atoms with Crippen LogP contribution in [-0.2, 0) is 32.1 Å². The van der Waals surface area contributed by atoms with Crippen LogP contribution in [0.3, 0.4) is 0 Å². The topological polar surface area (TPSA) is 9.23 Å². The van der Waals surface area contributed by atoms with Gasteiger partial charge in [-0.05, 0) is 60.4 Å². The molecule has 0 bridgehead atoms. The molecule has 0 fully saturated rings. The molecule has 0 atom stereocenters. The number of halogens is 3. The van der Waals surface area contributed by atoms with Crippen molar-refractivity contribution in [2.75, 3.05) is 0 Å². The Morgan fingerprint density at radius 1 is 0.781 bits per heavy atom. The first kappa shape index (κ1) is 22.2. The molecule has 166 valence electrons. The summed E-state index contributed by atoms with van der Waals surface area (Å²) in [6, 6.07) is 13.5. The van der Waals surface area contributed by atoms with Crippen LogP contribution in [0.5, 0.6) is 11.5 Å². The van der Waals surface area contributed by atoms with Gasteiger partial charge >= 0.3 is 0 Å². The second kappa shape index (κ2) is 9.64. The molecule has 0 saturated heterocycles. The summed E-state index contributed by atoms with van der Waals surface area (Å²) in [5, 5.41) is 0. The van der Waals surface area contributed by atoms with Crippen LogP contribution in [0.2, 0.25) is 0 Å². The second-order valence-electron chi connectivity index (χ2n) is 8.35. The molecule has 0 spiro atoms. The standard InChI is InChI=1S/C28H27F3O/c1-3-5-7-18-8-10-19(11-9-18)12-13-20-14-15-22-17-23-16-21(6-4-2)24(29)26(31)28(23)32-27(22)25(20)30/h3,8-11,14-16H,1,4-7,12-13,17H2,2H3. The maximum atomic E-state index is 15.2. The lowest BCUT2D eigenvalue weighted by molar-refractivity contribution is 0.377. The first-order valence-corrected chi connectivity index (χ1v) is 11.2. The van der Waals surface area contributed by atoms with E-state index in [9.17, 15) is 8.78 Å². The first-order chi connectivity index (χ1) is 15.5. The Labute approximate surface area is 187 Å². The SMILES string of the molecule is C=CCCc1ccc(CCc2ccc3c(c2F)Oc2c(cc(CCC)c(F)c2F)C3)cc1. The highest BCUT2D eigenvalue weighted by molar-refractivity contribution is 5.53. The maximum absolute atomic E-state index is 15.2. The fourth-order valence-corrected chi connectivity index (χ4v) is 4.22. The summed E-state index contributed by atoms with van der Waals surface area (Å²) in [6.45, 7) is 5.66. The van der Waals surface area contributed by atoms with E-state index in [0.717, 1.165) is 18.4 Å². The normalized spacial score (nSPS) is 12.1. The molecule has 4 rings (SSSR count). The van der Waals surface area contributed by atoms with Gasteiger partial charge in [0, 0.05) is 17.5 Å². The Balaban J connectivity index is 1.52. The van der Waals surface area contributed by atoms with Crippen LogP contribution in [0.25, 0.3) is 0 Å². The van der Waals surface area contributed by atoms with Crippen molar-refractivity contribution in [1.82, 2.24) is 0 Å². The molecule has 0 unspecified atom stereocenters. The summed E-state index contributed by atoms with van der Waals surface area (Å²) in [7, 11) is 0. The molecule has 4 heteroatoms. The molecule has 0 radical (unpaired) electrons. The Bertz CT molecular complexity index is 1130. The van der Waals surface area contributed by atoms with E-state index >= 15 is 4.39 Å². The molecule has 0 aliphatic carbocycles. The van der Waals surface area contributed by atoms with E-state index in [1.807, 2.05) is 19.1 Å². The summed E-state index contributed by atoms with van der Waals surface area (Å²) in [5.74, 6) is -2.61. The zero-order chi connectivity index (χ0) is 22.7. The summed E-state index contributed by atoms with van der Waals surface area (Å²) >= 11 is 0. The Morgan fingerprint density at radius 2 is 1.47 bits per heavy atom. The van der Waals surface area contributed by atoms with Crippen LogP contribution in [0.1, 0.15) is 53.1 Å². The molecule has 32 heavy (non-hydrogen) atoms. The van der Waals surface area contributed by atoms with Crippen LogP contribution in [0, 0.1) is 17.5 Å². The van der Waals surface area contributed by atoms with Crippen molar-refractivity contribution in [1.29, 1.82) is 0 Å². The third-order valence-electron chi connectivity index (χ3n) is 6.02. The van der Waals surface area contributed by atoms with Crippen LogP contribution >= 0.6 is 0 Å². The minimum absolute atomic E-state index is 0.0105. The van der Waals surface area contributed by atoms with E-state index < -0.39 is 17.5 Å². The predicted octanol–water partition coefficient (Wildman–Crippen LogP) is 7.66. The number of rotatable bonds is 8. The smallest absolute Gasteiger partial charge is 0.201 e. The average Bonchev–Trinajstić information content (AvgIpc) is 2.81. The predicted molar refractivity (Wildman–Crippen MR) is 122 cm³/mol. The van der Waals surface area contributed by atoms with E-state index in [2.05, 4.69) is 30.8 Å². The van der Waals surface area contributed by atoms with E-state index in [0.29, 0.717) is 54.4 Å². The molecule has 0 N–H and O–H groups in total. The quantitative estimate of drug-likeness (QED) is 0.258. The van der Waals surface area contributed by atoms with Crippen LogP contribution in [-0.4, -0.2) is 0 Å². The molecule has 1 nitrogen and oxygen atoms in total. The summed E-state index contributed by atoms with van der Waals surface area (Å²) in [4.78, 5) is 0. The molecule has 0 amide bonds. The fraction of sp³-hybridized carbons (Fsp3) is 0.286. The zero-order valence-corrected chi connectivity index (χ0v) is 18.3. The van der Waals surface area contributed by atoms with E-state index in [1.54, 1.807) is 12.1 Å². The number of aryl methyl sites for hydroxylation is 4. The average molecular weight is 437 g/mol. The minimum atomic E-state index is -1.03. The number of allylic oxidation sites excluding steroid dienone is 1. The highest BCUT2D eigenvalue weighted by Gasteiger charge is 2.28. The lowest BCUT2D eigenvalue weighted by atomic mass is 9.94. The van der Waals surface area contributed by atoms with Gasteiger partial charge in [-0.25, -0.2) is 8.78 Å². The Hall–Kier alpha value is -3.01. The van der Waals surface area contributed by atoms with Crippen molar-refractivity contribution in [2.24, 2.45) is 0 Å². The van der Waals surface area contributed by atoms with E-state index in [4.69, 9.17) is 4.74 Å². The summed E-state index contributed by atoms with van der Waals surface area (Å²) in [5.41, 5.74) is 4.42. The second-order valence-corrected chi connectivity index (χ2v) is 8.35. The van der Waals surface area contributed by atoms with Crippen LogP contribution in [0.4, 0.5) is 13.2 Å². The van der Waals surface area contributed by atoms with Crippen molar-refractivity contribution in [2.45, 2.75) is 51.9 Å². The molecular weight excluding hydrogens is 409 g/mol. The number of benzene rings is 3. The van der Waals surface area contributed by atoms with Crippen molar-refractivity contribution in [3.63, 3.8) is 0 Å². The maximum Gasteiger partial charge on any atom is 0.201 e. The molecule has 1 aliphatic heterocycles. The molecule has 3 aromatic carbocycles. The van der Waals surface area contributed by atoms with Gasteiger partial charge in [0.2, 0.25) is 5.82 Å². The highest BCUT2D eigenvalue weighted by Crippen LogP contribution is 2.42. The molecular formula is C28H27F3O. The van der Waals surface area contributed by atoms with Crippen LogP contribution in [0.15, 0.2) is 55.1 Å². The van der Waals surface area contributed by atoms with Gasteiger partial charge in [-0.15, -0.1) is 6.58 Å². The van der Waals surface area contributed by atoms with Crippen molar-refractivity contribution in [3.8, 4) is 11.5 Å². The van der Waals surface area contributed by atoms with Gasteiger partial charge in [0.25, 0.3) is 0 Å². The molecule has 0 saturated carbocycles. The third-order valence-corrected chi connectivity index (χ3v) is 6.02. The largest absolute Gasteiger partial charge is 0.450 e. The van der Waals surface area contributed by atoms with Crippen molar-refractivity contribution < 1.29 is 17.9 Å². The summed E-state index contributed by atoms with van der Waals surface area (Å²) < 4.78 is 49.9. The lowest BCUT2D eigenvalue weighted by Crippen LogP contribution is -2.11. The molecule has 3 aromatic rings. The lowest BCUT2D eigenvalue weighted by Gasteiger charge is -2.23. The highest BCUT2D eigenvalue weighted by atomic mass is 19.2. The first-order valence-electron chi connectivity index (χ1n) is 11.2. The van der Waals surface area contributed by atoms with Gasteiger partial charge in [-0.3, -0.25) is 0 Å². The third kappa shape index (κ3) is 4.45. The van der Waals surface area contributed by atoms with Gasteiger partial charge in [0.05, 0.1) is 0 Å². The van der Waals surface area contributed by atoms with Gasteiger partial charge in [0.15, 0.2) is 23.1 Å². The van der Waals surface area contributed by atoms with E-state index in [-0.39, 0.29) is 11.5 Å². The Morgan fingerprint density at radius 3 is 2.16 bits per heavy atom. The Kier molecular flexibility index (Phi) is 6.69. The number of hydrogen-bond acceptors (Lipinski definition) is 1. The summed E-state index contributed by atoms with van der Waals surface area (Å²) in [6.07, 6.45) is 6.45. The number of fused-ring (bicyclic) bond motifs is 2. The minimum Gasteiger partial charge on any atom is -0.450 e. The monoisotopic (exact) mass is 436 g/mol. The van der Waals surface area contributed by atoms with Crippen molar-refractivity contribution in [3.05, 3.63) is 106 Å². The van der Waals surface area contributed by atoms with E-state index in [1.165, 1.54) is 5.56 Å². The van der Waals surface area contributed by atoms with Crippen molar-refractivity contribution >= 4 is 0 Å². The molecule has 0 aromatic heterocycles. The van der Waals surface area contributed by atoms with Gasteiger partial charge in [0.1, 0.15) is 0 Å². The number of ether oxygens (including phenoxy) is 1. The fourth-order valence-electron chi connectivity index (χ4n) is 4.22. The van der Waals surface area contributed by atoms with Gasteiger partial charge < -0.3 is 4.74 Å². The van der Waals surface area contributed by atoms with Gasteiger partial charge in [-0.1, -0.05) is 55.8 Å². The molecule has 1 heterocycles. The van der Waals surface area contributed by atoms with Crippen LogP contribution < -0.4 is 4.74 Å². The zero-order valence-electron chi connectivity index (χ0n) is 18.3. The number of hydrogen-bond donors (Lipinski definition) is 0.